The molecule has 3 heteroatoms. The second-order valence-corrected chi connectivity index (χ2v) is 4.94. The van der Waals surface area contributed by atoms with Crippen LogP contribution in [0.5, 0.6) is 0 Å². The van der Waals surface area contributed by atoms with E-state index in [-0.39, 0.29) is 11.4 Å². The van der Waals surface area contributed by atoms with E-state index in [1.807, 2.05) is 26.0 Å². The van der Waals surface area contributed by atoms with Gasteiger partial charge in [-0.05, 0) is 55.2 Å². The SMILES string of the molecule is CCc1cc2oc(=O)c(C)c-2cc2c1C(=O)C=C2C. The van der Waals surface area contributed by atoms with Crippen molar-refractivity contribution in [3.05, 3.63) is 50.9 Å². The molecule has 0 atom stereocenters. The molecule has 1 heterocycles. The number of fused-ring (bicyclic) bond motifs is 2. The fraction of sp³-hybridized carbons (Fsp3) is 0.250. The fourth-order valence-corrected chi connectivity index (χ4v) is 2.66. The van der Waals surface area contributed by atoms with Crippen LogP contribution in [0.1, 0.15) is 40.9 Å². The van der Waals surface area contributed by atoms with E-state index in [2.05, 4.69) is 0 Å². The number of furan rings is 1. The molecular weight excluding hydrogens is 240 g/mol. The number of rotatable bonds is 1. The van der Waals surface area contributed by atoms with E-state index < -0.39 is 0 Å². The molecule has 0 radical (unpaired) electrons. The van der Waals surface area contributed by atoms with Gasteiger partial charge in [0.15, 0.2) is 5.78 Å². The van der Waals surface area contributed by atoms with Crippen molar-refractivity contribution in [2.75, 3.05) is 0 Å². The molecule has 0 bridgehead atoms. The molecule has 0 spiro atoms. The van der Waals surface area contributed by atoms with Crippen LogP contribution in [-0.2, 0) is 6.42 Å². The molecule has 0 aromatic heterocycles. The molecule has 0 amide bonds. The van der Waals surface area contributed by atoms with Crippen molar-refractivity contribution in [1.29, 1.82) is 0 Å². The standard InChI is InChI=1S/C16H14O3/c1-4-10-6-14-12(9(3)16(18)19-14)7-11-8(2)5-13(17)15(10)11/h5-7H,4H2,1-3H3. The van der Waals surface area contributed by atoms with Crippen molar-refractivity contribution in [1.82, 2.24) is 0 Å². The molecule has 0 fully saturated rings. The Bertz CT molecular complexity index is 763. The lowest BCUT2D eigenvalue weighted by Gasteiger charge is -2.00. The van der Waals surface area contributed by atoms with E-state index in [0.29, 0.717) is 11.3 Å². The minimum absolute atomic E-state index is 0.0435. The van der Waals surface area contributed by atoms with Gasteiger partial charge in [0, 0.05) is 16.7 Å². The summed E-state index contributed by atoms with van der Waals surface area (Å²) in [4.78, 5) is 23.7. The Morgan fingerprint density at radius 2 is 1.84 bits per heavy atom. The second-order valence-electron chi connectivity index (χ2n) is 4.94. The monoisotopic (exact) mass is 254 g/mol. The largest absolute Gasteiger partial charge is 0.422 e. The van der Waals surface area contributed by atoms with Crippen LogP contribution in [0.15, 0.2) is 27.4 Å². The molecule has 2 aliphatic carbocycles. The fourth-order valence-electron chi connectivity index (χ4n) is 2.66. The van der Waals surface area contributed by atoms with Crippen LogP contribution in [0.2, 0.25) is 0 Å². The van der Waals surface area contributed by atoms with Gasteiger partial charge in [0.25, 0.3) is 0 Å². The smallest absolute Gasteiger partial charge is 0.339 e. The molecule has 3 aliphatic rings. The van der Waals surface area contributed by atoms with Gasteiger partial charge in [-0.15, -0.1) is 0 Å². The Hall–Kier alpha value is -2.16. The van der Waals surface area contributed by atoms with E-state index >= 15 is 0 Å². The lowest BCUT2D eigenvalue weighted by molar-refractivity contribution is 0.104. The summed E-state index contributed by atoms with van der Waals surface area (Å²) < 4.78 is 5.26. The topological polar surface area (TPSA) is 47.3 Å². The highest BCUT2D eigenvalue weighted by molar-refractivity contribution is 6.17. The van der Waals surface area contributed by atoms with E-state index in [1.165, 1.54) is 0 Å². The molecule has 0 unspecified atom stereocenters. The third kappa shape index (κ3) is 1.58. The maximum atomic E-state index is 12.1. The van der Waals surface area contributed by atoms with Gasteiger partial charge in [0.2, 0.25) is 0 Å². The van der Waals surface area contributed by atoms with Gasteiger partial charge in [-0.2, -0.15) is 0 Å². The zero-order chi connectivity index (χ0) is 13.7. The zero-order valence-electron chi connectivity index (χ0n) is 11.2. The summed E-state index contributed by atoms with van der Waals surface area (Å²) >= 11 is 0. The Balaban J connectivity index is 2.48. The molecule has 19 heavy (non-hydrogen) atoms. The summed E-state index contributed by atoms with van der Waals surface area (Å²) in [6.07, 6.45) is 2.39. The lowest BCUT2D eigenvalue weighted by atomic mass is 10.0. The Morgan fingerprint density at radius 1 is 1.11 bits per heavy atom. The van der Waals surface area contributed by atoms with Crippen molar-refractivity contribution in [2.24, 2.45) is 0 Å². The van der Waals surface area contributed by atoms with Gasteiger partial charge in [-0.25, -0.2) is 4.79 Å². The van der Waals surface area contributed by atoms with E-state index in [0.717, 1.165) is 34.2 Å². The highest BCUT2D eigenvalue weighted by Crippen LogP contribution is 2.35. The van der Waals surface area contributed by atoms with Gasteiger partial charge < -0.3 is 4.42 Å². The number of hydrogen-bond acceptors (Lipinski definition) is 3. The predicted molar refractivity (Wildman–Crippen MR) is 73.7 cm³/mol. The lowest BCUT2D eigenvalue weighted by Crippen LogP contribution is -1.96. The van der Waals surface area contributed by atoms with E-state index in [9.17, 15) is 9.59 Å². The zero-order valence-corrected chi connectivity index (χ0v) is 11.2. The molecule has 0 saturated heterocycles. The van der Waals surface area contributed by atoms with Crippen LogP contribution in [0.25, 0.3) is 16.9 Å². The summed E-state index contributed by atoms with van der Waals surface area (Å²) in [6.45, 7) is 5.67. The Morgan fingerprint density at radius 3 is 2.53 bits per heavy atom. The first kappa shape index (κ1) is 11.9. The number of ketones is 1. The number of carbonyl (C=O) groups excluding carboxylic acids is 1. The summed E-state index contributed by atoms with van der Waals surface area (Å²) in [5, 5.41) is 0. The van der Waals surface area contributed by atoms with Crippen LogP contribution in [0.4, 0.5) is 0 Å². The number of aryl methyl sites for hydroxylation is 1. The number of carbonyl (C=O) groups is 1. The molecule has 0 N–H and O–H groups in total. The van der Waals surface area contributed by atoms with Crippen molar-refractivity contribution in [3.8, 4) is 11.3 Å². The molecule has 0 saturated carbocycles. The quantitative estimate of drug-likeness (QED) is 0.785. The molecule has 0 aromatic rings. The number of hydrogen-bond donors (Lipinski definition) is 0. The summed E-state index contributed by atoms with van der Waals surface area (Å²) in [5.41, 5.74) is 4.63. The van der Waals surface area contributed by atoms with E-state index in [4.69, 9.17) is 4.42 Å². The highest BCUT2D eigenvalue weighted by atomic mass is 16.4. The van der Waals surface area contributed by atoms with Crippen molar-refractivity contribution in [3.63, 3.8) is 0 Å². The maximum Gasteiger partial charge on any atom is 0.339 e. The molecule has 0 aromatic carbocycles. The summed E-state index contributed by atoms with van der Waals surface area (Å²) in [5.74, 6) is 0.608. The maximum absolute atomic E-state index is 12.1. The minimum Gasteiger partial charge on any atom is -0.422 e. The Labute approximate surface area is 110 Å². The molecule has 96 valence electrons. The molecular formula is C16H14O3. The summed E-state index contributed by atoms with van der Waals surface area (Å²) in [7, 11) is 0. The van der Waals surface area contributed by atoms with Crippen molar-refractivity contribution < 1.29 is 9.21 Å². The van der Waals surface area contributed by atoms with Crippen LogP contribution in [0.3, 0.4) is 0 Å². The van der Waals surface area contributed by atoms with Crippen LogP contribution >= 0.6 is 0 Å². The first-order valence-corrected chi connectivity index (χ1v) is 6.36. The van der Waals surface area contributed by atoms with Gasteiger partial charge >= 0.3 is 5.63 Å². The molecule has 1 aliphatic heterocycles. The van der Waals surface area contributed by atoms with Gasteiger partial charge in [-0.1, -0.05) is 6.92 Å². The first-order valence-electron chi connectivity index (χ1n) is 6.36. The average molecular weight is 254 g/mol. The van der Waals surface area contributed by atoms with Gasteiger partial charge in [-0.3, -0.25) is 4.79 Å². The van der Waals surface area contributed by atoms with Gasteiger partial charge in [0.05, 0.1) is 0 Å². The van der Waals surface area contributed by atoms with E-state index in [1.54, 1.807) is 13.0 Å². The number of allylic oxidation sites excluding steroid dienone is 2. The van der Waals surface area contributed by atoms with Crippen LogP contribution in [0, 0.1) is 6.92 Å². The predicted octanol–water partition coefficient (Wildman–Crippen LogP) is 3.22. The average Bonchev–Trinajstić information content (AvgIpc) is 2.71. The summed E-state index contributed by atoms with van der Waals surface area (Å²) in [6, 6.07) is 3.73. The minimum atomic E-state index is -0.303. The third-order valence-corrected chi connectivity index (χ3v) is 3.76. The van der Waals surface area contributed by atoms with Crippen molar-refractivity contribution in [2.45, 2.75) is 27.2 Å². The Kier molecular flexibility index (Phi) is 2.45. The van der Waals surface area contributed by atoms with Crippen molar-refractivity contribution >= 4 is 11.4 Å². The van der Waals surface area contributed by atoms with Gasteiger partial charge in [0.1, 0.15) is 5.76 Å². The van der Waals surface area contributed by atoms with Crippen LogP contribution < -0.4 is 5.63 Å². The van der Waals surface area contributed by atoms with Crippen LogP contribution in [-0.4, -0.2) is 5.78 Å². The third-order valence-electron chi connectivity index (χ3n) is 3.76. The molecule has 3 rings (SSSR count). The highest BCUT2D eigenvalue weighted by Gasteiger charge is 2.24. The first-order chi connectivity index (χ1) is 9.02. The normalized spacial score (nSPS) is 13.8. The molecule has 3 nitrogen and oxygen atoms in total. The second kappa shape index (κ2) is 3.92.